The largest absolute Gasteiger partial charge is 0.325 e. The summed E-state index contributed by atoms with van der Waals surface area (Å²) in [6.45, 7) is 4.27. The van der Waals surface area contributed by atoms with E-state index in [1.54, 1.807) is 6.26 Å². The van der Waals surface area contributed by atoms with Gasteiger partial charge < -0.3 is 10.6 Å². The number of hydrogen-bond acceptors (Lipinski definition) is 3. The minimum atomic E-state index is -0.775. The van der Waals surface area contributed by atoms with Crippen LogP contribution in [0.25, 0.3) is 0 Å². The number of carbonyl (C=O) groups is 1. The van der Waals surface area contributed by atoms with Crippen LogP contribution in [-0.2, 0) is 15.6 Å². The van der Waals surface area contributed by atoms with Crippen molar-refractivity contribution in [2.75, 3.05) is 23.9 Å². The summed E-state index contributed by atoms with van der Waals surface area (Å²) >= 11 is 0. The van der Waals surface area contributed by atoms with Gasteiger partial charge in [0.2, 0.25) is 5.91 Å². The zero-order chi connectivity index (χ0) is 14.3. The summed E-state index contributed by atoms with van der Waals surface area (Å²) in [4.78, 5) is 11.7. The zero-order valence-electron chi connectivity index (χ0n) is 11.7. The van der Waals surface area contributed by atoms with Crippen molar-refractivity contribution < 1.29 is 9.00 Å². The minimum absolute atomic E-state index is 0.0617. The van der Waals surface area contributed by atoms with Gasteiger partial charge in [-0.15, -0.1) is 0 Å². The SMILES string of the molecule is Cc1ccc(NC(=O)CNC(C)CCS(C)=O)cc1. The average Bonchev–Trinajstić information content (AvgIpc) is 2.36. The molecule has 19 heavy (non-hydrogen) atoms. The molecule has 0 radical (unpaired) electrons. The molecular formula is C14H22N2O2S. The van der Waals surface area contributed by atoms with Gasteiger partial charge in [-0.05, 0) is 32.4 Å². The molecular weight excluding hydrogens is 260 g/mol. The number of amides is 1. The van der Waals surface area contributed by atoms with E-state index in [0.717, 1.165) is 17.7 Å². The van der Waals surface area contributed by atoms with Gasteiger partial charge in [-0.2, -0.15) is 0 Å². The number of rotatable bonds is 7. The second kappa shape index (κ2) is 8.07. The summed E-state index contributed by atoms with van der Waals surface area (Å²) in [6, 6.07) is 7.88. The third kappa shape index (κ3) is 7.08. The lowest BCUT2D eigenvalue weighted by Crippen LogP contribution is -2.35. The van der Waals surface area contributed by atoms with Crippen LogP contribution in [0.2, 0.25) is 0 Å². The smallest absolute Gasteiger partial charge is 0.238 e. The van der Waals surface area contributed by atoms with E-state index in [9.17, 15) is 9.00 Å². The molecule has 0 bridgehead atoms. The Labute approximate surface area is 117 Å². The standard InChI is InChI=1S/C14H22N2O2S/c1-11-4-6-13(7-5-11)16-14(17)10-15-12(2)8-9-19(3)18/h4-7,12,15H,8-10H2,1-3H3,(H,16,17). The molecule has 5 heteroatoms. The summed E-state index contributed by atoms with van der Waals surface area (Å²) in [5, 5.41) is 5.95. The predicted octanol–water partition coefficient (Wildman–Crippen LogP) is 1.68. The first kappa shape index (κ1) is 15.9. The first-order valence-electron chi connectivity index (χ1n) is 6.37. The molecule has 0 aliphatic rings. The first-order valence-corrected chi connectivity index (χ1v) is 8.10. The number of carbonyl (C=O) groups excluding carboxylic acids is 1. The topological polar surface area (TPSA) is 58.2 Å². The predicted molar refractivity (Wildman–Crippen MR) is 80.8 cm³/mol. The monoisotopic (exact) mass is 282 g/mol. The summed E-state index contributed by atoms with van der Waals surface area (Å²) in [7, 11) is -0.775. The van der Waals surface area contributed by atoms with Gasteiger partial charge in [0.1, 0.15) is 0 Å². The number of anilines is 1. The Kier molecular flexibility index (Phi) is 6.73. The Morgan fingerprint density at radius 3 is 2.53 bits per heavy atom. The molecule has 2 N–H and O–H groups in total. The average molecular weight is 282 g/mol. The fourth-order valence-corrected chi connectivity index (χ4v) is 2.24. The molecule has 1 aromatic rings. The first-order chi connectivity index (χ1) is 8.97. The van der Waals surface area contributed by atoms with E-state index >= 15 is 0 Å². The maximum absolute atomic E-state index is 11.7. The molecule has 1 rings (SSSR count). The van der Waals surface area contributed by atoms with E-state index < -0.39 is 10.8 Å². The van der Waals surface area contributed by atoms with Gasteiger partial charge in [-0.3, -0.25) is 9.00 Å². The molecule has 0 saturated carbocycles. The van der Waals surface area contributed by atoms with Crippen molar-refractivity contribution >= 4 is 22.4 Å². The van der Waals surface area contributed by atoms with Crippen LogP contribution in [0.5, 0.6) is 0 Å². The normalized spacial score (nSPS) is 13.8. The number of nitrogens with one attached hydrogen (secondary N) is 2. The van der Waals surface area contributed by atoms with Crippen molar-refractivity contribution in [2.45, 2.75) is 26.3 Å². The number of benzene rings is 1. The van der Waals surface area contributed by atoms with Crippen molar-refractivity contribution in [3.8, 4) is 0 Å². The van der Waals surface area contributed by atoms with Gasteiger partial charge in [0.15, 0.2) is 0 Å². The summed E-state index contributed by atoms with van der Waals surface area (Å²) in [5.41, 5.74) is 1.97. The molecule has 0 aliphatic heterocycles. The second-order valence-corrected chi connectivity index (χ2v) is 6.32. The van der Waals surface area contributed by atoms with Crippen LogP contribution < -0.4 is 10.6 Å². The van der Waals surface area contributed by atoms with Crippen LogP contribution in [-0.4, -0.2) is 34.7 Å². The lowest BCUT2D eigenvalue weighted by atomic mass is 10.2. The molecule has 0 saturated heterocycles. The van der Waals surface area contributed by atoms with Gasteiger partial charge in [-0.25, -0.2) is 0 Å². The van der Waals surface area contributed by atoms with Crippen LogP contribution in [0.4, 0.5) is 5.69 Å². The van der Waals surface area contributed by atoms with E-state index in [4.69, 9.17) is 0 Å². The van der Waals surface area contributed by atoms with Crippen molar-refractivity contribution in [1.29, 1.82) is 0 Å². The zero-order valence-corrected chi connectivity index (χ0v) is 12.5. The van der Waals surface area contributed by atoms with E-state index in [1.165, 1.54) is 0 Å². The van der Waals surface area contributed by atoms with Crippen LogP contribution in [0.3, 0.4) is 0 Å². The summed E-state index contributed by atoms with van der Waals surface area (Å²) < 4.78 is 11.0. The molecule has 0 aromatic heterocycles. The van der Waals surface area contributed by atoms with Gasteiger partial charge >= 0.3 is 0 Å². The lowest BCUT2D eigenvalue weighted by molar-refractivity contribution is -0.115. The van der Waals surface area contributed by atoms with Crippen LogP contribution >= 0.6 is 0 Å². The Morgan fingerprint density at radius 1 is 1.32 bits per heavy atom. The third-order valence-corrected chi connectivity index (χ3v) is 3.60. The quantitative estimate of drug-likeness (QED) is 0.800. The highest BCUT2D eigenvalue weighted by atomic mass is 32.2. The van der Waals surface area contributed by atoms with Crippen molar-refractivity contribution in [3.63, 3.8) is 0 Å². The van der Waals surface area contributed by atoms with Crippen LogP contribution in [0, 0.1) is 6.92 Å². The Morgan fingerprint density at radius 2 is 1.95 bits per heavy atom. The van der Waals surface area contributed by atoms with Gasteiger partial charge in [0.05, 0.1) is 6.54 Å². The van der Waals surface area contributed by atoms with Gasteiger partial charge in [-0.1, -0.05) is 17.7 Å². The number of aryl methyl sites for hydroxylation is 1. The molecule has 106 valence electrons. The van der Waals surface area contributed by atoms with E-state index in [2.05, 4.69) is 10.6 Å². The van der Waals surface area contributed by atoms with E-state index in [1.807, 2.05) is 38.1 Å². The fourth-order valence-electron chi connectivity index (χ4n) is 1.55. The number of hydrogen-bond donors (Lipinski definition) is 2. The highest BCUT2D eigenvalue weighted by Crippen LogP contribution is 2.08. The maximum Gasteiger partial charge on any atom is 0.238 e. The molecule has 2 unspecified atom stereocenters. The van der Waals surface area contributed by atoms with E-state index in [0.29, 0.717) is 5.75 Å². The maximum atomic E-state index is 11.7. The Balaban J connectivity index is 2.27. The Bertz CT molecular complexity index is 432. The molecule has 0 spiro atoms. The van der Waals surface area contributed by atoms with Gasteiger partial charge in [0, 0.05) is 34.5 Å². The van der Waals surface area contributed by atoms with E-state index in [-0.39, 0.29) is 18.5 Å². The lowest BCUT2D eigenvalue weighted by Gasteiger charge is -2.13. The molecule has 0 heterocycles. The molecule has 1 amide bonds. The van der Waals surface area contributed by atoms with Crippen molar-refractivity contribution in [1.82, 2.24) is 5.32 Å². The van der Waals surface area contributed by atoms with Crippen molar-refractivity contribution in [3.05, 3.63) is 29.8 Å². The van der Waals surface area contributed by atoms with Crippen molar-refractivity contribution in [2.24, 2.45) is 0 Å². The second-order valence-electron chi connectivity index (χ2n) is 4.76. The molecule has 2 atom stereocenters. The van der Waals surface area contributed by atoms with Gasteiger partial charge in [0.25, 0.3) is 0 Å². The third-order valence-electron chi connectivity index (χ3n) is 2.78. The fraction of sp³-hybridized carbons (Fsp3) is 0.500. The highest BCUT2D eigenvalue weighted by molar-refractivity contribution is 7.84. The molecule has 1 aromatic carbocycles. The summed E-state index contributed by atoms with van der Waals surface area (Å²) in [6.07, 6.45) is 2.50. The summed E-state index contributed by atoms with van der Waals surface area (Å²) in [5.74, 6) is 0.599. The van der Waals surface area contributed by atoms with Crippen LogP contribution in [0.15, 0.2) is 24.3 Å². The van der Waals surface area contributed by atoms with Crippen LogP contribution in [0.1, 0.15) is 18.9 Å². The molecule has 0 fully saturated rings. The highest BCUT2D eigenvalue weighted by Gasteiger charge is 2.06. The minimum Gasteiger partial charge on any atom is -0.325 e. The molecule has 4 nitrogen and oxygen atoms in total. The Hall–Kier alpha value is -1.20. The molecule has 0 aliphatic carbocycles.